The lowest BCUT2D eigenvalue weighted by Crippen LogP contribution is -2.59. The smallest absolute Gasteiger partial charge is 0.328 e. The molecule has 0 saturated carbocycles. The monoisotopic (exact) mass is 809 g/mol. The molecule has 2 rings (SSSR count). The van der Waals surface area contributed by atoms with Gasteiger partial charge in [-0.15, -0.1) is 0 Å². The Bertz CT molecular complexity index is 1390. The van der Waals surface area contributed by atoms with Gasteiger partial charge in [0.15, 0.2) is 0 Å². The lowest BCUT2D eigenvalue weighted by Gasteiger charge is -2.41. The maximum Gasteiger partial charge on any atom is 0.328 e. The first-order valence-electron chi connectivity index (χ1n) is 19.4. The Morgan fingerprint density at radius 2 is 1.56 bits per heavy atom. The SMILES string of the molecule is CC[C@H](C)[C@@H]([C@@H](CC(=O)N1CCC[C@H]1[C@H](OC)[C@@H](C)C(=O)N[C@@H](Cc1ccccc1)C(=O)OC)OC)N(C)C(=O)[C@@H](NC(=O)[C@H](C(C)C)N(C)SS)C(C)C. The zero-order valence-electron chi connectivity index (χ0n) is 34.9. The lowest BCUT2D eigenvalue weighted by molar-refractivity contribution is -0.149. The van der Waals surface area contributed by atoms with Gasteiger partial charge in [-0.05, 0) is 54.2 Å². The second-order valence-electron chi connectivity index (χ2n) is 15.4. The van der Waals surface area contributed by atoms with Gasteiger partial charge < -0.3 is 34.6 Å². The molecule has 0 aromatic heterocycles. The zero-order valence-corrected chi connectivity index (χ0v) is 36.7. The number of esters is 1. The van der Waals surface area contributed by atoms with Gasteiger partial charge >= 0.3 is 5.97 Å². The van der Waals surface area contributed by atoms with Crippen molar-refractivity contribution in [1.29, 1.82) is 0 Å². The van der Waals surface area contributed by atoms with E-state index in [1.54, 1.807) is 42.2 Å². The number of amides is 4. The highest BCUT2D eigenvalue weighted by Crippen LogP contribution is 2.30. The number of likely N-dealkylation sites (N-methyl/N-ethyl adjacent to an activating group) is 2. The predicted octanol–water partition coefficient (Wildman–Crippen LogP) is 4.40. The van der Waals surface area contributed by atoms with E-state index in [0.717, 1.165) is 29.4 Å². The highest BCUT2D eigenvalue weighted by molar-refractivity contribution is 8.67. The number of thiol groups is 1. The average molecular weight is 810 g/mol. The van der Waals surface area contributed by atoms with Gasteiger partial charge in [-0.25, -0.2) is 9.10 Å². The number of rotatable bonds is 22. The summed E-state index contributed by atoms with van der Waals surface area (Å²) in [6, 6.07) is 6.29. The minimum absolute atomic E-state index is 0.00375. The van der Waals surface area contributed by atoms with E-state index in [0.29, 0.717) is 13.0 Å². The fourth-order valence-corrected chi connectivity index (χ4v) is 8.45. The van der Waals surface area contributed by atoms with Crippen LogP contribution >= 0.6 is 22.6 Å². The van der Waals surface area contributed by atoms with Gasteiger partial charge in [-0.2, -0.15) is 0 Å². The van der Waals surface area contributed by atoms with Crippen LogP contribution in [0.5, 0.6) is 0 Å². The van der Waals surface area contributed by atoms with E-state index < -0.39 is 54.3 Å². The molecule has 0 aliphatic carbocycles. The van der Waals surface area contributed by atoms with Crippen LogP contribution in [0.3, 0.4) is 0 Å². The van der Waals surface area contributed by atoms with Gasteiger partial charge in [0, 0.05) is 34.2 Å². The molecule has 13 nitrogen and oxygen atoms in total. The third-order valence-corrected chi connectivity index (χ3v) is 12.3. The summed E-state index contributed by atoms with van der Waals surface area (Å²) >= 11 is 4.28. The van der Waals surface area contributed by atoms with Crippen molar-refractivity contribution < 1.29 is 38.2 Å². The number of hydrogen-bond acceptors (Lipinski definition) is 11. The molecule has 1 aromatic rings. The minimum Gasteiger partial charge on any atom is -0.467 e. The number of nitrogens with one attached hydrogen (secondary N) is 2. The van der Waals surface area contributed by atoms with Crippen LogP contribution in [0.1, 0.15) is 79.7 Å². The van der Waals surface area contributed by atoms with Gasteiger partial charge in [-0.1, -0.05) is 96.9 Å². The summed E-state index contributed by atoms with van der Waals surface area (Å²) in [4.78, 5) is 71.8. The zero-order chi connectivity index (χ0) is 41.6. The highest BCUT2D eigenvalue weighted by Gasteiger charge is 2.43. The van der Waals surface area contributed by atoms with Gasteiger partial charge in [-0.3, -0.25) is 19.2 Å². The van der Waals surface area contributed by atoms with E-state index in [-0.39, 0.29) is 54.2 Å². The standard InChI is InChI=1S/C40H67N5O8S2/c1-13-26(6)35(43(8)39(49)33(24(2)3)42-38(48)34(25(4)5)44(9)55-54)31(51-10)23-32(46)45-21-17-20-30(45)36(52-11)27(7)37(47)41-29(40(50)53-12)22-28-18-15-14-16-19-28/h14-16,18-19,24-27,29-31,33-36,54H,13,17,20-23H2,1-12H3,(H,41,47)(H,42,48)/t26-,27+,29-,30-,31+,33-,34-,35-,36+/m0/s1. The van der Waals surface area contributed by atoms with Gasteiger partial charge in [0.2, 0.25) is 23.6 Å². The average Bonchev–Trinajstić information content (AvgIpc) is 3.65. The maximum absolute atomic E-state index is 14.3. The number of hydrogen-bond donors (Lipinski definition) is 3. The van der Waals surface area contributed by atoms with Crippen molar-refractivity contribution in [3.63, 3.8) is 0 Å². The van der Waals surface area contributed by atoms with E-state index in [2.05, 4.69) is 22.3 Å². The van der Waals surface area contributed by atoms with Crippen LogP contribution < -0.4 is 10.6 Å². The molecule has 0 spiro atoms. The number of methoxy groups -OCH3 is 3. The molecule has 9 atom stereocenters. The summed E-state index contributed by atoms with van der Waals surface area (Å²) < 4.78 is 18.7. The van der Waals surface area contributed by atoms with Gasteiger partial charge in [0.25, 0.3) is 0 Å². The molecule has 1 fully saturated rings. The molecule has 1 aliphatic heterocycles. The molecular formula is C40H67N5O8S2. The number of nitrogens with zero attached hydrogens (tertiary/aromatic N) is 3. The van der Waals surface area contributed by atoms with Crippen molar-refractivity contribution in [3.8, 4) is 0 Å². The number of ether oxygens (including phenoxy) is 3. The van der Waals surface area contributed by atoms with Crippen molar-refractivity contribution in [3.05, 3.63) is 35.9 Å². The highest BCUT2D eigenvalue weighted by atomic mass is 33.1. The lowest BCUT2D eigenvalue weighted by atomic mass is 9.89. The van der Waals surface area contributed by atoms with E-state index >= 15 is 0 Å². The maximum atomic E-state index is 14.3. The fraction of sp³-hybridized carbons (Fsp3) is 0.725. The summed E-state index contributed by atoms with van der Waals surface area (Å²) in [5.74, 6) is -2.61. The van der Waals surface area contributed by atoms with Crippen molar-refractivity contribution in [2.75, 3.05) is 42.0 Å². The topological polar surface area (TPSA) is 147 Å². The molecule has 1 heterocycles. The summed E-state index contributed by atoms with van der Waals surface area (Å²) in [5, 5.41) is 5.88. The van der Waals surface area contributed by atoms with Crippen LogP contribution in [0.2, 0.25) is 0 Å². The van der Waals surface area contributed by atoms with Crippen LogP contribution in [-0.2, 0) is 44.6 Å². The van der Waals surface area contributed by atoms with Gasteiger partial charge in [0.1, 0.15) is 18.1 Å². The Hall–Kier alpha value is -2.85. The second kappa shape index (κ2) is 23.4. The third kappa shape index (κ3) is 13.1. The van der Waals surface area contributed by atoms with Crippen LogP contribution in [0, 0.1) is 23.7 Å². The van der Waals surface area contributed by atoms with Crippen LogP contribution in [0.25, 0.3) is 0 Å². The van der Waals surface area contributed by atoms with Gasteiger partial charge in [0.05, 0.1) is 43.7 Å². The molecule has 4 amide bonds. The summed E-state index contributed by atoms with van der Waals surface area (Å²) in [7, 11) is 9.03. The molecule has 312 valence electrons. The molecule has 55 heavy (non-hydrogen) atoms. The van der Waals surface area contributed by atoms with E-state index in [1.165, 1.54) is 14.2 Å². The predicted molar refractivity (Wildman–Crippen MR) is 220 cm³/mol. The molecule has 1 aromatic carbocycles. The summed E-state index contributed by atoms with van der Waals surface area (Å²) in [5.41, 5.74) is 0.873. The summed E-state index contributed by atoms with van der Waals surface area (Å²) in [6.45, 7) is 14.0. The van der Waals surface area contributed by atoms with Crippen molar-refractivity contribution in [1.82, 2.24) is 24.7 Å². The first kappa shape index (κ1) is 48.3. The Morgan fingerprint density at radius 1 is 0.927 bits per heavy atom. The van der Waals surface area contributed by atoms with Crippen LogP contribution in [-0.4, -0.2) is 128 Å². The van der Waals surface area contributed by atoms with E-state index in [4.69, 9.17) is 14.2 Å². The van der Waals surface area contributed by atoms with Crippen LogP contribution in [0.4, 0.5) is 0 Å². The number of carbonyl (C=O) groups excluding carboxylic acids is 5. The quantitative estimate of drug-likeness (QED) is 0.0667. The molecule has 0 bridgehead atoms. The molecule has 1 aliphatic rings. The van der Waals surface area contributed by atoms with Crippen molar-refractivity contribution >= 4 is 52.2 Å². The first-order chi connectivity index (χ1) is 26.0. The normalized spacial score (nSPS) is 18.9. The Labute approximate surface area is 338 Å². The van der Waals surface area contributed by atoms with Crippen molar-refractivity contribution in [2.45, 2.75) is 123 Å². The first-order valence-corrected chi connectivity index (χ1v) is 21.2. The molecule has 0 radical (unpaired) electrons. The summed E-state index contributed by atoms with van der Waals surface area (Å²) in [6.07, 6.45) is 1.03. The number of likely N-dealkylation sites (tertiary alicyclic amines) is 1. The Balaban J connectivity index is 2.29. The van der Waals surface area contributed by atoms with E-state index in [1.807, 2.05) is 71.9 Å². The molecule has 15 heteroatoms. The molecule has 1 saturated heterocycles. The number of benzene rings is 1. The minimum atomic E-state index is -0.894. The van der Waals surface area contributed by atoms with Crippen molar-refractivity contribution in [2.24, 2.45) is 23.7 Å². The Morgan fingerprint density at radius 3 is 2.07 bits per heavy atom. The second-order valence-corrected chi connectivity index (χ2v) is 16.6. The molecule has 0 unspecified atom stereocenters. The largest absolute Gasteiger partial charge is 0.467 e. The molecular weight excluding hydrogens is 743 g/mol. The number of carbonyl (C=O) groups is 5. The fourth-order valence-electron chi connectivity index (χ4n) is 7.70. The van der Waals surface area contributed by atoms with E-state index in [9.17, 15) is 24.0 Å². The molecule has 2 N–H and O–H groups in total. The Kier molecular flexibility index (Phi) is 20.5. The van der Waals surface area contributed by atoms with Crippen LogP contribution in [0.15, 0.2) is 30.3 Å². The third-order valence-electron chi connectivity index (χ3n) is 11.0.